The van der Waals surface area contributed by atoms with Crippen LogP contribution in [0.1, 0.15) is 45.4 Å². The first-order chi connectivity index (χ1) is 17.3. The van der Waals surface area contributed by atoms with Crippen molar-refractivity contribution in [3.63, 3.8) is 0 Å². The molecule has 0 bridgehead atoms. The van der Waals surface area contributed by atoms with Crippen LogP contribution in [0.3, 0.4) is 0 Å². The normalized spacial score (nSPS) is 14.7. The third-order valence-electron chi connectivity index (χ3n) is 5.72. The second kappa shape index (κ2) is 13.7. The highest BCUT2D eigenvalue weighted by Gasteiger charge is 2.30. The van der Waals surface area contributed by atoms with Gasteiger partial charge in [-0.3, -0.25) is 9.59 Å². The predicted octanol–water partition coefficient (Wildman–Crippen LogP) is 3.48. The summed E-state index contributed by atoms with van der Waals surface area (Å²) in [6.07, 6.45) is -2.91. The van der Waals surface area contributed by atoms with E-state index in [9.17, 15) is 22.8 Å². The van der Waals surface area contributed by atoms with Crippen LogP contribution in [0.4, 0.5) is 13.2 Å². The Morgan fingerprint density at radius 2 is 1.75 bits per heavy atom. The van der Waals surface area contributed by atoms with Gasteiger partial charge in [-0.1, -0.05) is 12.1 Å². The predicted molar refractivity (Wildman–Crippen MR) is 127 cm³/mol. The molecule has 3 rings (SSSR count). The zero-order valence-electron chi connectivity index (χ0n) is 20.0. The highest BCUT2D eigenvalue weighted by Crippen LogP contribution is 2.31. The number of halogens is 3. The van der Waals surface area contributed by atoms with Crippen LogP contribution in [0.2, 0.25) is 0 Å². The number of hydrogen-bond donors (Lipinski definition) is 1. The smallest absolute Gasteiger partial charge is 0.382 e. The number of carbonyl (C=O) groups is 2. The number of likely N-dealkylation sites (tertiary alicyclic amines) is 1. The molecule has 1 N–H and O–H groups in total. The number of piperidine rings is 1. The van der Waals surface area contributed by atoms with Crippen molar-refractivity contribution in [3.05, 3.63) is 51.5 Å². The highest BCUT2D eigenvalue weighted by molar-refractivity contribution is 7.09. The average Bonchev–Trinajstić information content (AvgIpc) is 3.37. The first kappa shape index (κ1) is 28.0. The van der Waals surface area contributed by atoms with Gasteiger partial charge in [0.15, 0.2) is 0 Å². The van der Waals surface area contributed by atoms with Crippen LogP contribution in [0.25, 0.3) is 0 Å². The van der Waals surface area contributed by atoms with Crippen LogP contribution >= 0.6 is 11.3 Å². The van der Waals surface area contributed by atoms with E-state index in [2.05, 4.69) is 10.3 Å². The number of alkyl halides is 3. The van der Waals surface area contributed by atoms with Gasteiger partial charge in [0.1, 0.15) is 12.3 Å². The van der Waals surface area contributed by atoms with Crippen molar-refractivity contribution in [3.8, 4) is 0 Å². The number of carbonyl (C=O) groups excluding carboxylic acids is 2. The summed E-state index contributed by atoms with van der Waals surface area (Å²) in [7, 11) is 1.60. The summed E-state index contributed by atoms with van der Waals surface area (Å²) in [5, 5.41) is 5.21. The van der Waals surface area contributed by atoms with Crippen LogP contribution in [0.15, 0.2) is 29.6 Å². The summed E-state index contributed by atoms with van der Waals surface area (Å²) >= 11 is 1.40. The Morgan fingerprint density at radius 1 is 1.08 bits per heavy atom. The van der Waals surface area contributed by atoms with E-state index in [0.29, 0.717) is 45.1 Å². The number of hydrogen-bond acceptors (Lipinski definition) is 7. The lowest BCUT2D eigenvalue weighted by molar-refractivity contribution is -0.138. The molecular formula is C24H30F3N3O5S. The van der Waals surface area contributed by atoms with Crippen molar-refractivity contribution in [2.24, 2.45) is 0 Å². The molecule has 0 aliphatic carbocycles. The van der Waals surface area contributed by atoms with Crippen LogP contribution in [0, 0.1) is 0 Å². The zero-order chi connectivity index (χ0) is 26.0. The van der Waals surface area contributed by atoms with E-state index in [4.69, 9.17) is 14.2 Å². The van der Waals surface area contributed by atoms with E-state index in [1.165, 1.54) is 23.5 Å². The molecule has 0 unspecified atom stereocenters. The quantitative estimate of drug-likeness (QED) is 0.424. The summed E-state index contributed by atoms with van der Waals surface area (Å²) in [6.45, 7) is 3.04. The SMILES string of the molecule is COCCOCCOCC(=O)N1CCC(c2nc(C(=O)NCc3ccc(C(F)(F)F)cc3)cs2)CC1. The van der Waals surface area contributed by atoms with Gasteiger partial charge in [-0.15, -0.1) is 11.3 Å². The van der Waals surface area contributed by atoms with E-state index in [-0.39, 0.29) is 36.6 Å². The summed E-state index contributed by atoms with van der Waals surface area (Å²) in [5.41, 5.74) is 0.110. The van der Waals surface area contributed by atoms with E-state index < -0.39 is 11.7 Å². The summed E-state index contributed by atoms with van der Waals surface area (Å²) in [6, 6.07) is 4.66. The monoisotopic (exact) mass is 529 g/mol. The molecule has 1 aromatic carbocycles. The topological polar surface area (TPSA) is 90.0 Å². The molecule has 0 saturated carbocycles. The minimum atomic E-state index is -4.39. The maximum atomic E-state index is 12.7. The fraction of sp³-hybridized carbons (Fsp3) is 0.542. The molecule has 1 saturated heterocycles. The molecule has 1 aromatic heterocycles. The molecular weight excluding hydrogens is 499 g/mol. The van der Waals surface area contributed by atoms with Gasteiger partial charge in [-0.25, -0.2) is 4.98 Å². The molecule has 36 heavy (non-hydrogen) atoms. The number of rotatable bonds is 12. The lowest BCUT2D eigenvalue weighted by Gasteiger charge is -2.31. The van der Waals surface area contributed by atoms with E-state index in [1.54, 1.807) is 17.4 Å². The third kappa shape index (κ3) is 8.54. The molecule has 2 amide bonds. The Labute approximate surface area is 211 Å². The highest BCUT2D eigenvalue weighted by atomic mass is 32.1. The van der Waals surface area contributed by atoms with Gasteiger partial charge in [0, 0.05) is 38.0 Å². The number of nitrogens with zero attached hydrogens (tertiary/aromatic N) is 2. The van der Waals surface area contributed by atoms with Gasteiger partial charge in [-0.05, 0) is 30.5 Å². The Bertz CT molecular complexity index is 976. The number of ether oxygens (including phenoxy) is 3. The van der Waals surface area contributed by atoms with Crippen molar-refractivity contribution < 1.29 is 37.0 Å². The Morgan fingerprint density at radius 3 is 2.42 bits per heavy atom. The van der Waals surface area contributed by atoms with Gasteiger partial charge in [0.05, 0.1) is 37.0 Å². The molecule has 198 valence electrons. The lowest BCUT2D eigenvalue weighted by atomic mass is 9.97. The number of aromatic nitrogens is 1. The number of nitrogens with one attached hydrogen (secondary N) is 1. The number of thiazole rings is 1. The summed E-state index contributed by atoms with van der Waals surface area (Å²) < 4.78 is 53.6. The van der Waals surface area contributed by atoms with Gasteiger partial charge < -0.3 is 24.4 Å². The Balaban J connectivity index is 1.38. The van der Waals surface area contributed by atoms with Crippen molar-refractivity contribution in [1.82, 2.24) is 15.2 Å². The van der Waals surface area contributed by atoms with E-state index >= 15 is 0 Å². The second-order valence-electron chi connectivity index (χ2n) is 8.26. The van der Waals surface area contributed by atoms with Gasteiger partial charge in [0.2, 0.25) is 5.91 Å². The number of benzene rings is 1. The minimum absolute atomic E-state index is 0.0127. The largest absolute Gasteiger partial charge is 0.416 e. The molecule has 2 aromatic rings. The lowest BCUT2D eigenvalue weighted by Crippen LogP contribution is -2.40. The van der Waals surface area contributed by atoms with E-state index in [0.717, 1.165) is 30.0 Å². The van der Waals surface area contributed by atoms with Crippen LogP contribution in [-0.2, 0) is 31.7 Å². The molecule has 0 atom stereocenters. The zero-order valence-corrected chi connectivity index (χ0v) is 20.8. The molecule has 1 aliphatic heterocycles. The van der Waals surface area contributed by atoms with Gasteiger partial charge >= 0.3 is 6.18 Å². The minimum Gasteiger partial charge on any atom is -0.382 e. The van der Waals surface area contributed by atoms with Crippen molar-refractivity contribution >= 4 is 23.2 Å². The molecule has 8 nitrogen and oxygen atoms in total. The maximum Gasteiger partial charge on any atom is 0.416 e. The molecule has 1 aliphatic rings. The molecule has 0 spiro atoms. The molecule has 2 heterocycles. The first-order valence-electron chi connectivity index (χ1n) is 11.6. The van der Waals surface area contributed by atoms with Crippen molar-refractivity contribution in [2.75, 3.05) is 53.2 Å². The molecule has 12 heteroatoms. The molecule has 0 radical (unpaired) electrons. The second-order valence-corrected chi connectivity index (χ2v) is 9.15. The Kier molecular flexibility index (Phi) is 10.7. The van der Waals surface area contributed by atoms with E-state index in [1.807, 2.05) is 0 Å². The van der Waals surface area contributed by atoms with Crippen LogP contribution in [-0.4, -0.2) is 74.9 Å². The summed E-state index contributed by atoms with van der Waals surface area (Å²) in [4.78, 5) is 31.0. The van der Waals surface area contributed by atoms with Gasteiger partial charge in [0.25, 0.3) is 5.91 Å². The average molecular weight is 530 g/mol. The number of amides is 2. The molecule has 1 fully saturated rings. The summed E-state index contributed by atoms with van der Waals surface area (Å²) in [5.74, 6) is -0.285. The maximum absolute atomic E-state index is 12.7. The van der Waals surface area contributed by atoms with Crippen molar-refractivity contribution in [1.29, 1.82) is 0 Å². The van der Waals surface area contributed by atoms with Gasteiger partial charge in [-0.2, -0.15) is 13.2 Å². The third-order valence-corrected chi connectivity index (χ3v) is 6.72. The van der Waals surface area contributed by atoms with Crippen molar-refractivity contribution in [2.45, 2.75) is 31.5 Å². The standard InChI is InChI=1S/C24H30F3N3O5S/c1-33-10-11-34-12-13-35-15-21(31)30-8-6-18(7-9-30)23-29-20(16-36-23)22(32)28-14-17-2-4-19(5-3-17)24(25,26)27/h2-5,16,18H,6-15H2,1H3,(H,28,32). The van der Waals surface area contributed by atoms with Crippen LogP contribution < -0.4 is 5.32 Å². The fourth-order valence-electron chi connectivity index (χ4n) is 3.65. The number of methoxy groups -OCH3 is 1. The fourth-order valence-corrected chi connectivity index (χ4v) is 4.62. The van der Waals surface area contributed by atoms with Crippen LogP contribution in [0.5, 0.6) is 0 Å². The Hall–Kier alpha value is -2.54. The first-order valence-corrected chi connectivity index (χ1v) is 12.5.